The second-order valence-electron chi connectivity index (χ2n) is 7.66. The van der Waals surface area contributed by atoms with Gasteiger partial charge in [0.15, 0.2) is 17.6 Å². The minimum Gasteiger partial charge on any atom is -0.454 e. The van der Waals surface area contributed by atoms with Gasteiger partial charge in [-0.25, -0.2) is 4.39 Å². The Morgan fingerprint density at radius 3 is 2.83 bits per heavy atom. The minimum atomic E-state index is -0.299. The zero-order chi connectivity index (χ0) is 19.8. The molecule has 3 aliphatic rings. The molecule has 0 bridgehead atoms. The Kier molecular flexibility index (Phi) is 4.58. The number of halogens is 1. The molecule has 0 N–H and O–H groups in total. The topological polar surface area (TPSA) is 60.4 Å². The number of nitrogens with zero attached hydrogens (tertiary/aromatic N) is 2. The average molecular weight is 396 g/mol. The van der Waals surface area contributed by atoms with Gasteiger partial charge >= 0.3 is 0 Å². The zero-order valence-electron chi connectivity index (χ0n) is 15.8. The van der Waals surface area contributed by atoms with Gasteiger partial charge in [-0.05, 0) is 48.7 Å². The van der Waals surface area contributed by atoms with E-state index in [0.717, 1.165) is 35.4 Å². The number of rotatable bonds is 6. The highest BCUT2D eigenvalue weighted by molar-refractivity contribution is 6.01. The lowest BCUT2D eigenvalue weighted by Crippen LogP contribution is -2.38. The summed E-state index contributed by atoms with van der Waals surface area (Å²) in [5, 5.41) is 4.23. The SMILES string of the molecule is O=C(C1CC1)N(Cc1cccc(F)c1)CC1CC(c2ccc3c(c2)OCO3)=NO1. The molecule has 0 spiro atoms. The molecule has 1 amide bonds. The number of ether oxygens (including phenoxy) is 2. The first-order valence-corrected chi connectivity index (χ1v) is 9.81. The summed E-state index contributed by atoms with van der Waals surface area (Å²) in [6.45, 7) is 1.01. The number of hydrogen-bond donors (Lipinski definition) is 0. The van der Waals surface area contributed by atoms with Crippen molar-refractivity contribution in [3.63, 3.8) is 0 Å². The van der Waals surface area contributed by atoms with Crippen molar-refractivity contribution in [3.05, 3.63) is 59.4 Å². The maximum absolute atomic E-state index is 13.6. The monoisotopic (exact) mass is 396 g/mol. The highest BCUT2D eigenvalue weighted by Crippen LogP contribution is 2.34. The predicted molar refractivity (Wildman–Crippen MR) is 103 cm³/mol. The van der Waals surface area contributed by atoms with Crippen molar-refractivity contribution in [1.82, 2.24) is 4.90 Å². The van der Waals surface area contributed by atoms with Crippen LogP contribution in [0, 0.1) is 11.7 Å². The van der Waals surface area contributed by atoms with Gasteiger partial charge in [-0.15, -0.1) is 0 Å². The summed E-state index contributed by atoms with van der Waals surface area (Å²) in [6.07, 6.45) is 2.20. The molecule has 0 aromatic heterocycles. The van der Waals surface area contributed by atoms with Gasteiger partial charge in [0.2, 0.25) is 12.7 Å². The van der Waals surface area contributed by atoms with Crippen molar-refractivity contribution < 1.29 is 23.5 Å². The smallest absolute Gasteiger partial charge is 0.231 e. The average Bonchev–Trinajstić information content (AvgIpc) is 3.28. The van der Waals surface area contributed by atoms with E-state index in [1.54, 1.807) is 11.0 Å². The molecule has 29 heavy (non-hydrogen) atoms. The Balaban J connectivity index is 1.27. The van der Waals surface area contributed by atoms with Crippen LogP contribution in [0.4, 0.5) is 4.39 Å². The van der Waals surface area contributed by atoms with Crippen molar-refractivity contribution in [2.24, 2.45) is 11.1 Å². The molecule has 2 aromatic carbocycles. The number of amides is 1. The molecular weight excluding hydrogens is 375 g/mol. The molecule has 5 rings (SSSR count). The van der Waals surface area contributed by atoms with E-state index in [4.69, 9.17) is 14.3 Å². The fraction of sp³-hybridized carbons (Fsp3) is 0.364. The Morgan fingerprint density at radius 2 is 2.00 bits per heavy atom. The fourth-order valence-electron chi connectivity index (χ4n) is 3.70. The van der Waals surface area contributed by atoms with Crippen LogP contribution in [-0.2, 0) is 16.2 Å². The Bertz CT molecular complexity index is 973. The molecule has 0 saturated heterocycles. The summed E-state index contributed by atoms with van der Waals surface area (Å²) in [7, 11) is 0. The predicted octanol–water partition coefficient (Wildman–Crippen LogP) is 3.49. The number of hydrogen-bond acceptors (Lipinski definition) is 5. The summed E-state index contributed by atoms with van der Waals surface area (Å²) in [5.74, 6) is 1.31. The van der Waals surface area contributed by atoms with Gasteiger partial charge in [-0.2, -0.15) is 0 Å². The first-order valence-electron chi connectivity index (χ1n) is 9.81. The summed E-state index contributed by atoms with van der Waals surface area (Å²) in [4.78, 5) is 20.2. The van der Waals surface area contributed by atoms with Gasteiger partial charge in [-0.1, -0.05) is 17.3 Å². The molecular formula is C22H21FN2O4. The first kappa shape index (κ1) is 18.0. The normalized spacial score (nSPS) is 19.6. The molecule has 7 heteroatoms. The van der Waals surface area contributed by atoms with Crippen molar-refractivity contribution in [2.45, 2.75) is 31.9 Å². The summed E-state index contributed by atoms with van der Waals surface area (Å²) in [6, 6.07) is 12.1. The molecule has 1 aliphatic carbocycles. The highest BCUT2D eigenvalue weighted by atomic mass is 19.1. The van der Waals surface area contributed by atoms with Crippen LogP contribution in [0.25, 0.3) is 0 Å². The molecule has 2 heterocycles. The maximum Gasteiger partial charge on any atom is 0.231 e. The number of carbonyl (C=O) groups excluding carboxylic acids is 1. The fourth-order valence-corrected chi connectivity index (χ4v) is 3.70. The van der Waals surface area contributed by atoms with Crippen LogP contribution < -0.4 is 9.47 Å². The molecule has 1 atom stereocenters. The third-order valence-electron chi connectivity index (χ3n) is 5.36. The third kappa shape index (κ3) is 3.90. The lowest BCUT2D eigenvalue weighted by molar-refractivity contribution is -0.135. The van der Waals surface area contributed by atoms with Crippen molar-refractivity contribution in [2.75, 3.05) is 13.3 Å². The molecule has 2 aliphatic heterocycles. The minimum absolute atomic E-state index is 0.0826. The van der Waals surface area contributed by atoms with E-state index in [9.17, 15) is 9.18 Å². The van der Waals surface area contributed by atoms with Crippen LogP contribution in [0.2, 0.25) is 0 Å². The van der Waals surface area contributed by atoms with E-state index < -0.39 is 0 Å². The molecule has 6 nitrogen and oxygen atoms in total. The van der Waals surface area contributed by atoms with E-state index >= 15 is 0 Å². The molecule has 1 fully saturated rings. The van der Waals surface area contributed by atoms with Gasteiger partial charge in [0.1, 0.15) is 5.82 Å². The van der Waals surface area contributed by atoms with Crippen LogP contribution in [0.3, 0.4) is 0 Å². The number of benzene rings is 2. The van der Waals surface area contributed by atoms with Crippen molar-refractivity contribution in [3.8, 4) is 11.5 Å². The maximum atomic E-state index is 13.6. The lowest BCUT2D eigenvalue weighted by atomic mass is 10.0. The zero-order valence-corrected chi connectivity index (χ0v) is 15.8. The molecule has 1 unspecified atom stereocenters. The van der Waals surface area contributed by atoms with Gasteiger partial charge in [-0.3, -0.25) is 4.79 Å². The van der Waals surface area contributed by atoms with Crippen LogP contribution in [0.15, 0.2) is 47.6 Å². The molecule has 150 valence electrons. The van der Waals surface area contributed by atoms with E-state index in [0.29, 0.717) is 25.3 Å². The van der Waals surface area contributed by atoms with Crippen molar-refractivity contribution in [1.29, 1.82) is 0 Å². The van der Waals surface area contributed by atoms with Crippen LogP contribution in [0.1, 0.15) is 30.4 Å². The Labute approximate surface area is 167 Å². The van der Waals surface area contributed by atoms with Crippen molar-refractivity contribution >= 4 is 11.6 Å². The number of fused-ring (bicyclic) bond motifs is 1. The number of oxime groups is 1. The first-order chi connectivity index (χ1) is 14.2. The van der Waals surface area contributed by atoms with Crippen LogP contribution in [-0.4, -0.2) is 36.0 Å². The second-order valence-corrected chi connectivity index (χ2v) is 7.66. The summed E-state index contributed by atoms with van der Waals surface area (Å²) in [5.41, 5.74) is 2.51. The van der Waals surface area contributed by atoms with Gasteiger partial charge in [0.05, 0.1) is 12.3 Å². The molecule has 0 radical (unpaired) electrons. The van der Waals surface area contributed by atoms with Crippen LogP contribution in [0.5, 0.6) is 11.5 Å². The largest absolute Gasteiger partial charge is 0.454 e. The highest BCUT2D eigenvalue weighted by Gasteiger charge is 2.35. The van der Waals surface area contributed by atoms with E-state index in [-0.39, 0.29) is 30.5 Å². The molecule has 1 saturated carbocycles. The second kappa shape index (κ2) is 7.39. The van der Waals surface area contributed by atoms with E-state index in [1.165, 1.54) is 12.1 Å². The Hall–Kier alpha value is -3.09. The summed E-state index contributed by atoms with van der Waals surface area (Å²) >= 11 is 0. The summed E-state index contributed by atoms with van der Waals surface area (Å²) < 4.78 is 24.3. The standard InChI is InChI=1S/C22H21FN2O4/c23-17-3-1-2-14(8-17)11-25(22(26)15-4-5-15)12-18-10-19(24-29-18)16-6-7-20-21(9-16)28-13-27-20/h1-3,6-9,15,18H,4-5,10-13H2. The van der Waals surface area contributed by atoms with E-state index in [1.807, 2.05) is 24.3 Å². The van der Waals surface area contributed by atoms with E-state index in [2.05, 4.69) is 5.16 Å². The van der Waals surface area contributed by atoms with Gasteiger partial charge in [0.25, 0.3) is 0 Å². The quantitative estimate of drug-likeness (QED) is 0.750. The number of carbonyl (C=O) groups is 1. The third-order valence-corrected chi connectivity index (χ3v) is 5.36. The van der Waals surface area contributed by atoms with Crippen LogP contribution >= 0.6 is 0 Å². The Morgan fingerprint density at radius 1 is 1.14 bits per heavy atom. The van der Waals surface area contributed by atoms with Gasteiger partial charge < -0.3 is 19.2 Å². The molecule has 2 aromatic rings. The van der Waals surface area contributed by atoms with Gasteiger partial charge in [0, 0.05) is 24.4 Å². The lowest BCUT2D eigenvalue weighted by Gasteiger charge is -2.25.